The van der Waals surface area contributed by atoms with Gasteiger partial charge in [-0.1, -0.05) is 60.7 Å². The zero-order valence-electron chi connectivity index (χ0n) is 15.8. The van der Waals surface area contributed by atoms with E-state index in [0.717, 1.165) is 12.0 Å². The highest BCUT2D eigenvalue weighted by molar-refractivity contribution is 5.85. The zero-order chi connectivity index (χ0) is 19.1. The average molecular weight is 401 g/mol. The molecule has 0 saturated heterocycles. The van der Waals surface area contributed by atoms with E-state index in [-0.39, 0.29) is 18.3 Å². The Morgan fingerprint density at radius 2 is 1.71 bits per heavy atom. The lowest BCUT2D eigenvalue weighted by Gasteiger charge is -2.24. The Balaban J connectivity index is 0.00000280. The third-order valence-electron chi connectivity index (χ3n) is 4.39. The molecular formula is C20H25ClN6O. The Hall–Kier alpha value is -2.77. The molecule has 0 aliphatic rings. The van der Waals surface area contributed by atoms with E-state index in [1.54, 1.807) is 11.8 Å². The van der Waals surface area contributed by atoms with Gasteiger partial charge < -0.3 is 10.6 Å². The van der Waals surface area contributed by atoms with Crippen molar-refractivity contribution < 1.29 is 4.79 Å². The second-order valence-electron chi connectivity index (χ2n) is 6.32. The summed E-state index contributed by atoms with van der Waals surface area (Å²) in [6.45, 7) is 3.29. The number of halogens is 1. The molecule has 0 aliphatic heterocycles. The number of nitrogens with two attached hydrogens (primary N) is 1. The maximum Gasteiger partial charge on any atom is 0.249 e. The fourth-order valence-corrected chi connectivity index (χ4v) is 2.85. The van der Waals surface area contributed by atoms with Gasteiger partial charge >= 0.3 is 0 Å². The summed E-state index contributed by atoms with van der Waals surface area (Å²) < 4.78 is 0. The Labute approximate surface area is 170 Å². The number of benzene rings is 2. The van der Waals surface area contributed by atoms with Gasteiger partial charge in [0.1, 0.15) is 6.04 Å². The van der Waals surface area contributed by atoms with Crippen molar-refractivity contribution in [1.29, 1.82) is 0 Å². The number of nitrogens with zero attached hydrogens (tertiary/aromatic N) is 5. The van der Waals surface area contributed by atoms with E-state index < -0.39 is 6.04 Å². The van der Waals surface area contributed by atoms with Crippen molar-refractivity contribution in [1.82, 2.24) is 25.1 Å². The number of rotatable bonds is 8. The summed E-state index contributed by atoms with van der Waals surface area (Å²) in [5.41, 5.74) is 7.76. The van der Waals surface area contributed by atoms with Crippen LogP contribution in [0.15, 0.2) is 60.7 Å². The smallest absolute Gasteiger partial charge is 0.249 e. The minimum Gasteiger partial charge on any atom is -0.339 e. The summed E-state index contributed by atoms with van der Waals surface area (Å²) in [7, 11) is 0. The van der Waals surface area contributed by atoms with Crippen molar-refractivity contribution in [3.63, 3.8) is 0 Å². The molecule has 3 aromatic rings. The summed E-state index contributed by atoms with van der Waals surface area (Å²) in [6, 6.07) is 19.1. The van der Waals surface area contributed by atoms with Crippen LogP contribution in [0, 0.1) is 0 Å². The number of amides is 1. The maximum atomic E-state index is 12.9. The van der Waals surface area contributed by atoms with Crippen molar-refractivity contribution >= 4 is 18.3 Å². The molecule has 7 nitrogen and oxygen atoms in total. The number of hydrogen-bond donors (Lipinski definition) is 1. The number of hydrogen-bond acceptors (Lipinski definition) is 5. The van der Waals surface area contributed by atoms with Crippen LogP contribution in [0.5, 0.6) is 0 Å². The van der Waals surface area contributed by atoms with E-state index in [4.69, 9.17) is 5.73 Å². The van der Waals surface area contributed by atoms with Gasteiger partial charge in [-0.05, 0) is 24.1 Å². The molecule has 0 radical (unpaired) electrons. The summed E-state index contributed by atoms with van der Waals surface area (Å²) in [4.78, 5) is 16.1. The predicted molar refractivity (Wildman–Crippen MR) is 111 cm³/mol. The lowest BCUT2D eigenvalue weighted by atomic mass is 10.1. The second-order valence-corrected chi connectivity index (χ2v) is 6.32. The first-order valence-electron chi connectivity index (χ1n) is 9.06. The van der Waals surface area contributed by atoms with Crippen LogP contribution in [0.4, 0.5) is 0 Å². The van der Waals surface area contributed by atoms with Crippen LogP contribution in [-0.2, 0) is 11.2 Å². The van der Waals surface area contributed by atoms with Crippen LogP contribution in [0.25, 0.3) is 11.4 Å². The molecule has 2 aromatic carbocycles. The van der Waals surface area contributed by atoms with E-state index in [2.05, 4.69) is 27.5 Å². The van der Waals surface area contributed by atoms with Gasteiger partial charge in [0.2, 0.25) is 11.7 Å². The maximum absolute atomic E-state index is 12.9. The number of tetrazole rings is 1. The fraction of sp³-hybridized carbons (Fsp3) is 0.300. The predicted octanol–water partition coefficient (Wildman–Crippen LogP) is 2.35. The Bertz CT molecular complexity index is 855. The molecule has 148 valence electrons. The van der Waals surface area contributed by atoms with E-state index in [0.29, 0.717) is 25.5 Å². The Kier molecular flexibility index (Phi) is 8.10. The Morgan fingerprint density at radius 3 is 2.36 bits per heavy atom. The molecule has 0 bridgehead atoms. The number of carbonyl (C=O) groups is 1. The fourth-order valence-electron chi connectivity index (χ4n) is 2.85. The molecule has 28 heavy (non-hydrogen) atoms. The van der Waals surface area contributed by atoms with Crippen LogP contribution in [0.2, 0.25) is 0 Å². The van der Waals surface area contributed by atoms with Crippen LogP contribution >= 0.6 is 12.4 Å². The van der Waals surface area contributed by atoms with Gasteiger partial charge in [0.15, 0.2) is 0 Å². The normalized spacial score (nSPS) is 11.5. The molecule has 1 heterocycles. The van der Waals surface area contributed by atoms with Crippen LogP contribution in [0.1, 0.15) is 18.5 Å². The quantitative estimate of drug-likeness (QED) is 0.626. The van der Waals surface area contributed by atoms with E-state index in [9.17, 15) is 4.79 Å². The van der Waals surface area contributed by atoms with Gasteiger partial charge in [-0.25, -0.2) is 0 Å². The van der Waals surface area contributed by atoms with Crippen molar-refractivity contribution in [2.24, 2.45) is 5.73 Å². The summed E-state index contributed by atoms with van der Waals surface area (Å²) >= 11 is 0. The standard InChI is InChI=1S/C20H24N6O.ClH/c1-16(26-23-19(22-24-26)18-10-6-3-7-11-18)20(27)25(15-13-21)14-12-17-8-4-2-5-9-17;/h2-11,16H,12-15,21H2,1H3;1H. The van der Waals surface area contributed by atoms with Gasteiger partial charge in [-0.3, -0.25) is 4.79 Å². The monoisotopic (exact) mass is 400 g/mol. The van der Waals surface area contributed by atoms with Gasteiger partial charge in [-0.2, -0.15) is 4.80 Å². The molecule has 1 amide bonds. The number of aromatic nitrogens is 4. The summed E-state index contributed by atoms with van der Waals surface area (Å²) in [5.74, 6) is 0.443. The highest BCUT2D eigenvalue weighted by Crippen LogP contribution is 2.15. The van der Waals surface area contributed by atoms with Crippen LogP contribution in [0.3, 0.4) is 0 Å². The van der Waals surface area contributed by atoms with Crippen molar-refractivity contribution in [3.8, 4) is 11.4 Å². The first-order chi connectivity index (χ1) is 13.2. The molecule has 8 heteroatoms. The molecule has 2 N–H and O–H groups in total. The van der Waals surface area contributed by atoms with Crippen molar-refractivity contribution in [2.45, 2.75) is 19.4 Å². The molecule has 1 atom stereocenters. The highest BCUT2D eigenvalue weighted by atomic mass is 35.5. The van der Waals surface area contributed by atoms with E-state index >= 15 is 0 Å². The lowest BCUT2D eigenvalue weighted by molar-refractivity contribution is -0.134. The lowest BCUT2D eigenvalue weighted by Crippen LogP contribution is -2.41. The molecule has 0 aliphatic carbocycles. The van der Waals surface area contributed by atoms with Crippen LogP contribution < -0.4 is 5.73 Å². The second kappa shape index (κ2) is 10.5. The zero-order valence-corrected chi connectivity index (χ0v) is 16.6. The average Bonchev–Trinajstić information content (AvgIpc) is 3.22. The van der Waals surface area contributed by atoms with Crippen LogP contribution in [-0.4, -0.2) is 50.6 Å². The third-order valence-corrected chi connectivity index (χ3v) is 4.39. The van der Waals surface area contributed by atoms with E-state index in [1.807, 2.05) is 48.5 Å². The molecule has 0 saturated carbocycles. The van der Waals surface area contributed by atoms with Gasteiger partial charge in [-0.15, -0.1) is 22.6 Å². The molecule has 0 spiro atoms. The largest absolute Gasteiger partial charge is 0.339 e. The minimum atomic E-state index is -0.544. The van der Waals surface area contributed by atoms with Gasteiger partial charge in [0, 0.05) is 25.2 Å². The first kappa shape index (κ1) is 21.5. The summed E-state index contributed by atoms with van der Waals surface area (Å²) in [6.07, 6.45) is 0.777. The summed E-state index contributed by atoms with van der Waals surface area (Å²) in [5, 5.41) is 12.5. The topological polar surface area (TPSA) is 89.9 Å². The third kappa shape index (κ3) is 5.37. The highest BCUT2D eigenvalue weighted by Gasteiger charge is 2.24. The molecule has 1 aromatic heterocycles. The minimum absolute atomic E-state index is 0. The molecular weight excluding hydrogens is 376 g/mol. The van der Waals surface area contributed by atoms with Gasteiger partial charge in [0.05, 0.1) is 0 Å². The van der Waals surface area contributed by atoms with Crippen molar-refractivity contribution in [2.75, 3.05) is 19.6 Å². The SMILES string of the molecule is CC(C(=O)N(CCN)CCc1ccccc1)n1nnc(-c2ccccc2)n1.Cl. The molecule has 3 rings (SSSR count). The number of carbonyl (C=O) groups excluding carboxylic acids is 1. The molecule has 0 fully saturated rings. The molecule has 1 unspecified atom stereocenters. The van der Waals surface area contributed by atoms with Gasteiger partial charge in [0.25, 0.3) is 0 Å². The first-order valence-corrected chi connectivity index (χ1v) is 9.06. The Morgan fingerprint density at radius 1 is 1.07 bits per heavy atom. The van der Waals surface area contributed by atoms with Crippen molar-refractivity contribution in [3.05, 3.63) is 66.2 Å². The van der Waals surface area contributed by atoms with E-state index in [1.165, 1.54) is 10.4 Å².